The van der Waals surface area contributed by atoms with Crippen molar-refractivity contribution in [2.24, 2.45) is 0 Å². The molecule has 54 heavy (non-hydrogen) atoms. The summed E-state index contributed by atoms with van der Waals surface area (Å²) >= 11 is 0. The number of aromatic nitrogens is 4. The number of aliphatic hydroxyl groups is 2. The topological polar surface area (TPSA) is 173 Å². The molecule has 11 nitrogen and oxygen atoms in total. The van der Waals surface area contributed by atoms with E-state index < -0.39 is 24.3 Å². The summed E-state index contributed by atoms with van der Waals surface area (Å²) in [6.07, 6.45) is -1.87. The molecular weight excluding hydrogens is 677 g/mol. The van der Waals surface area contributed by atoms with Crippen molar-refractivity contribution in [3.05, 3.63) is 118 Å². The zero-order valence-corrected chi connectivity index (χ0v) is 32.0. The summed E-state index contributed by atoms with van der Waals surface area (Å²) in [4.78, 5) is 18.8. The van der Waals surface area contributed by atoms with Crippen molar-refractivity contribution in [1.29, 1.82) is 0 Å². The summed E-state index contributed by atoms with van der Waals surface area (Å²) in [6, 6.07) is 26.4. The first-order valence-electron chi connectivity index (χ1n) is 18.6. The highest BCUT2D eigenvalue weighted by molar-refractivity contribution is 5.90. The van der Waals surface area contributed by atoms with Gasteiger partial charge in [0.25, 0.3) is 0 Å². The number of benzene rings is 4. The Bertz CT molecular complexity index is 2100. The number of amides is 2. The Hall–Kier alpha value is -5.39. The molecule has 1 aliphatic rings. The zero-order valence-electron chi connectivity index (χ0n) is 32.0. The molecule has 11 heteroatoms. The first kappa shape index (κ1) is 36.9. The van der Waals surface area contributed by atoms with Gasteiger partial charge in [-0.05, 0) is 81.3 Å². The van der Waals surface area contributed by atoms with Crippen LogP contribution in [-0.2, 0) is 36.8 Å². The third kappa shape index (κ3) is 7.38. The molecule has 1 saturated heterocycles. The molecule has 8 N–H and O–H groups in total. The number of aliphatic hydroxyl groups excluding tert-OH is 2. The molecule has 4 aromatic carbocycles. The molecule has 0 spiro atoms. The largest absolute Gasteiger partial charge is 0.388 e. The Morgan fingerprint density at radius 1 is 0.593 bits per heavy atom. The Morgan fingerprint density at radius 3 is 1.30 bits per heavy atom. The van der Waals surface area contributed by atoms with Gasteiger partial charge >= 0.3 is 6.03 Å². The first-order chi connectivity index (χ1) is 25.6. The molecule has 2 amide bonds. The summed E-state index contributed by atoms with van der Waals surface area (Å²) in [6.45, 7) is 13.4. The van der Waals surface area contributed by atoms with Gasteiger partial charge in [0.15, 0.2) is 11.6 Å². The fraction of sp³-hybridized carbons (Fsp3) is 0.372. The number of nitrogens with two attached hydrogens (primary N) is 2. The van der Waals surface area contributed by atoms with Crippen molar-refractivity contribution in [1.82, 2.24) is 30.2 Å². The molecule has 0 radical (unpaired) electrons. The lowest BCUT2D eigenvalue weighted by atomic mass is 9.85. The molecule has 1 aliphatic heterocycles. The van der Waals surface area contributed by atoms with Gasteiger partial charge in [0.1, 0.15) is 12.2 Å². The van der Waals surface area contributed by atoms with Crippen molar-refractivity contribution in [3.63, 3.8) is 0 Å². The third-order valence-corrected chi connectivity index (χ3v) is 11.0. The Balaban J connectivity index is 1.32. The molecule has 0 bridgehead atoms. The molecule has 0 saturated carbocycles. The Kier molecular flexibility index (Phi) is 9.66. The van der Waals surface area contributed by atoms with Crippen LogP contribution in [0.1, 0.15) is 74.9 Å². The van der Waals surface area contributed by atoms with Crippen LogP contribution < -0.4 is 11.5 Å². The molecule has 4 atom stereocenters. The number of fused-ring (bicyclic) bond motifs is 2. The summed E-state index contributed by atoms with van der Waals surface area (Å²) < 4.78 is 0. The molecule has 0 aliphatic carbocycles. The summed E-state index contributed by atoms with van der Waals surface area (Å²) in [5.41, 5.74) is 19.8. The minimum Gasteiger partial charge on any atom is -0.388 e. The smallest absolute Gasteiger partial charge is 0.321 e. The van der Waals surface area contributed by atoms with E-state index in [1.807, 2.05) is 36.4 Å². The number of anilines is 2. The second-order valence-electron chi connectivity index (χ2n) is 16.9. The van der Waals surface area contributed by atoms with Crippen molar-refractivity contribution in [2.45, 2.75) is 103 Å². The molecule has 1 fully saturated rings. The number of hydrogen-bond donors (Lipinski definition) is 6. The number of hydrogen-bond acceptors (Lipinski definition) is 7. The maximum absolute atomic E-state index is 15.3. The van der Waals surface area contributed by atoms with Crippen LogP contribution in [0.15, 0.2) is 84.9 Å². The number of carbonyl (C=O) groups excluding carboxylic acids is 1. The second-order valence-corrected chi connectivity index (χ2v) is 16.9. The van der Waals surface area contributed by atoms with E-state index in [-0.39, 0.29) is 30.0 Å². The minimum absolute atomic E-state index is 0.0327. The molecule has 282 valence electrons. The van der Waals surface area contributed by atoms with E-state index in [9.17, 15) is 10.2 Å². The summed E-state index contributed by atoms with van der Waals surface area (Å²) in [5, 5.41) is 40.3. The lowest BCUT2D eigenvalue weighted by molar-refractivity contribution is -0.0408. The maximum Gasteiger partial charge on any atom is 0.321 e. The SMILES string of the molecule is CC(C)(C)c1ccc(C[C@@H]2[C@H](O)[C@@H](O)[C@@H](Cc3ccc(C(C)(C)C)cc3)N(Cc3ccc4[nH]nc(N)c4c3)C(=O)N2Cc2ccc3[nH]nc(N)c3c2)cc1. The predicted octanol–water partition coefficient (Wildman–Crippen LogP) is 6.58. The van der Waals surface area contributed by atoms with E-state index in [1.54, 1.807) is 9.80 Å². The lowest BCUT2D eigenvalue weighted by Gasteiger charge is -2.36. The van der Waals surface area contributed by atoms with Gasteiger partial charge in [-0.2, -0.15) is 10.2 Å². The number of urea groups is 1. The van der Waals surface area contributed by atoms with Crippen molar-refractivity contribution >= 4 is 39.5 Å². The highest BCUT2D eigenvalue weighted by Gasteiger charge is 2.46. The van der Waals surface area contributed by atoms with Crippen LogP contribution in [0.25, 0.3) is 21.8 Å². The van der Waals surface area contributed by atoms with Gasteiger partial charge in [-0.1, -0.05) is 102 Å². The van der Waals surface area contributed by atoms with Crippen molar-refractivity contribution in [3.8, 4) is 0 Å². The van der Waals surface area contributed by atoms with Crippen molar-refractivity contribution < 1.29 is 15.0 Å². The van der Waals surface area contributed by atoms with Gasteiger partial charge in [0, 0.05) is 23.9 Å². The van der Waals surface area contributed by atoms with E-state index in [1.165, 1.54) is 11.1 Å². The summed E-state index contributed by atoms with van der Waals surface area (Å²) in [7, 11) is 0. The number of aromatic amines is 2. The first-order valence-corrected chi connectivity index (χ1v) is 18.6. The lowest BCUT2D eigenvalue weighted by Crippen LogP contribution is -2.50. The van der Waals surface area contributed by atoms with Gasteiger partial charge in [0.2, 0.25) is 0 Å². The van der Waals surface area contributed by atoms with Gasteiger partial charge < -0.3 is 31.5 Å². The number of nitrogens with one attached hydrogen (secondary N) is 2. The maximum atomic E-state index is 15.3. The summed E-state index contributed by atoms with van der Waals surface area (Å²) in [5.74, 6) is 0.737. The van der Waals surface area contributed by atoms with Crippen molar-refractivity contribution in [2.75, 3.05) is 11.5 Å². The zero-order chi connectivity index (χ0) is 38.5. The van der Waals surface area contributed by atoms with Gasteiger partial charge in [0.05, 0.1) is 23.1 Å². The van der Waals surface area contributed by atoms with Crippen LogP contribution in [0.4, 0.5) is 16.4 Å². The average molecular weight is 729 g/mol. The van der Waals surface area contributed by atoms with Crippen LogP contribution in [0, 0.1) is 0 Å². The molecule has 0 unspecified atom stereocenters. The average Bonchev–Trinajstić information content (AvgIpc) is 3.69. The Labute approximate surface area is 316 Å². The molecule has 2 aromatic heterocycles. The van der Waals surface area contributed by atoms with Crippen LogP contribution in [-0.4, -0.2) is 70.7 Å². The van der Waals surface area contributed by atoms with E-state index in [0.717, 1.165) is 44.1 Å². The number of rotatable bonds is 8. The number of carbonyl (C=O) groups is 1. The molecule has 7 rings (SSSR count). The van der Waals surface area contributed by atoms with E-state index in [4.69, 9.17) is 11.5 Å². The molecule has 6 aromatic rings. The van der Waals surface area contributed by atoms with E-state index >= 15 is 4.79 Å². The quantitative estimate of drug-likeness (QED) is 0.103. The van der Waals surface area contributed by atoms with Crippen LogP contribution in [0.5, 0.6) is 0 Å². The predicted molar refractivity (Wildman–Crippen MR) is 215 cm³/mol. The third-order valence-electron chi connectivity index (χ3n) is 11.0. The van der Waals surface area contributed by atoms with E-state index in [0.29, 0.717) is 24.5 Å². The fourth-order valence-electron chi connectivity index (χ4n) is 7.62. The van der Waals surface area contributed by atoms with Gasteiger partial charge in [-0.3, -0.25) is 10.2 Å². The Morgan fingerprint density at radius 2 is 0.944 bits per heavy atom. The van der Waals surface area contributed by atoms with Gasteiger partial charge in [-0.25, -0.2) is 4.79 Å². The monoisotopic (exact) mass is 728 g/mol. The molecule has 3 heterocycles. The fourth-order valence-corrected chi connectivity index (χ4v) is 7.62. The van der Waals surface area contributed by atoms with Gasteiger partial charge in [-0.15, -0.1) is 0 Å². The van der Waals surface area contributed by atoms with Crippen LogP contribution in [0.3, 0.4) is 0 Å². The number of nitrogen functional groups attached to an aromatic ring is 2. The highest BCUT2D eigenvalue weighted by Crippen LogP contribution is 2.33. The van der Waals surface area contributed by atoms with Crippen LogP contribution in [0.2, 0.25) is 0 Å². The number of nitrogens with zero attached hydrogens (tertiary/aromatic N) is 4. The van der Waals surface area contributed by atoms with Crippen LogP contribution >= 0.6 is 0 Å². The molecular formula is C43H52N8O3. The minimum atomic E-state index is -1.27. The highest BCUT2D eigenvalue weighted by atomic mass is 16.3. The normalized spacial score (nSPS) is 19.9. The second kappa shape index (κ2) is 14.1. The number of H-pyrrole nitrogens is 2. The van der Waals surface area contributed by atoms with E-state index in [2.05, 4.69) is 110 Å². The standard InChI is InChI=1S/C43H52N8O3/c1-42(2,3)29-13-7-25(8-14-29)21-35-37(52)38(53)36(22-26-9-15-30(16-10-26)43(4,5)6)51(24-28-12-18-34-32(20-28)40(45)49-47-34)41(54)50(35)23-27-11-17-33-31(19-27)39(44)48-46-33/h7-20,35-38,52-53H,21-24H2,1-6H3,(H3,44,46,48)(H3,45,47,49)/t35-,36-,37+,38+/m1/s1.